The highest BCUT2D eigenvalue weighted by molar-refractivity contribution is 9.10. The Hall–Kier alpha value is -0.820. The Balaban J connectivity index is 3.42. The third kappa shape index (κ3) is 2.60. The number of nitrogens with zero attached hydrogens (tertiary/aromatic N) is 1. The van der Waals surface area contributed by atoms with Crippen molar-refractivity contribution in [2.45, 2.75) is 6.18 Å². The Morgan fingerprint density at radius 1 is 1.33 bits per heavy atom. The third-order valence-corrected chi connectivity index (χ3v) is 2.50. The smallest absolute Gasteiger partial charge is 0.417 e. The van der Waals surface area contributed by atoms with E-state index >= 15 is 0 Å². The van der Waals surface area contributed by atoms with Crippen LogP contribution in [-0.2, 0) is 6.18 Å². The number of benzene rings is 1. The summed E-state index contributed by atoms with van der Waals surface area (Å²) < 4.78 is 49.4. The van der Waals surface area contributed by atoms with Gasteiger partial charge in [-0.1, -0.05) is 0 Å². The van der Waals surface area contributed by atoms with Crippen molar-refractivity contribution in [3.05, 3.63) is 33.2 Å². The second-order valence-electron chi connectivity index (χ2n) is 2.78. The van der Waals surface area contributed by atoms with Crippen LogP contribution in [0.3, 0.4) is 0 Å². The minimum atomic E-state index is -4.70. The molecule has 0 amide bonds. The molecular weight excluding hydrogens is 282 g/mol. The highest BCUT2D eigenvalue weighted by Gasteiger charge is 2.34. The van der Waals surface area contributed by atoms with Gasteiger partial charge in [-0.2, -0.15) is 13.2 Å². The molecule has 0 saturated carbocycles. The van der Waals surface area contributed by atoms with Gasteiger partial charge in [0.05, 0.1) is 10.0 Å². The van der Waals surface area contributed by atoms with E-state index in [-0.39, 0.29) is 5.06 Å². The molecule has 0 spiro atoms. The van der Waals surface area contributed by atoms with Crippen LogP contribution < -0.4 is 5.06 Å². The number of rotatable bonds is 1. The predicted octanol–water partition coefficient (Wildman–Crippen LogP) is 3.54. The van der Waals surface area contributed by atoms with E-state index in [2.05, 4.69) is 15.9 Å². The van der Waals surface area contributed by atoms with Crippen molar-refractivity contribution in [1.29, 1.82) is 0 Å². The lowest BCUT2D eigenvalue weighted by Crippen LogP contribution is -2.12. The van der Waals surface area contributed by atoms with E-state index < -0.39 is 27.7 Å². The van der Waals surface area contributed by atoms with Crippen LogP contribution in [0.25, 0.3) is 0 Å². The zero-order valence-electron chi connectivity index (χ0n) is 7.40. The quantitative estimate of drug-likeness (QED) is 0.583. The van der Waals surface area contributed by atoms with Crippen molar-refractivity contribution in [2.75, 3.05) is 12.1 Å². The molecule has 0 aromatic heterocycles. The van der Waals surface area contributed by atoms with Crippen LogP contribution in [0.2, 0.25) is 0 Å². The first-order valence-corrected chi connectivity index (χ1v) is 4.50. The second kappa shape index (κ2) is 3.97. The molecule has 15 heavy (non-hydrogen) atoms. The van der Waals surface area contributed by atoms with Crippen LogP contribution in [0.5, 0.6) is 0 Å². The first kappa shape index (κ1) is 12.3. The molecule has 84 valence electrons. The maximum atomic E-state index is 12.8. The number of alkyl halides is 3. The zero-order chi connectivity index (χ0) is 11.8. The van der Waals surface area contributed by atoms with Gasteiger partial charge in [0, 0.05) is 5.69 Å². The molecule has 0 unspecified atom stereocenters. The van der Waals surface area contributed by atoms with E-state index in [1.54, 1.807) is 0 Å². The molecule has 1 aromatic rings. The third-order valence-electron chi connectivity index (χ3n) is 1.66. The molecule has 7 heteroatoms. The summed E-state index contributed by atoms with van der Waals surface area (Å²) in [6.45, 7) is 0. The summed E-state index contributed by atoms with van der Waals surface area (Å²) in [4.78, 5) is 0. The fraction of sp³-hybridized carbons (Fsp3) is 0.250. The summed E-state index contributed by atoms with van der Waals surface area (Å²) in [6.07, 6.45) is -4.70. The van der Waals surface area contributed by atoms with Crippen molar-refractivity contribution >= 4 is 21.6 Å². The molecule has 0 fully saturated rings. The molecule has 2 nitrogen and oxygen atoms in total. The lowest BCUT2D eigenvalue weighted by atomic mass is 10.2. The predicted molar refractivity (Wildman–Crippen MR) is 50.9 cm³/mol. The Bertz CT molecular complexity index is 378. The van der Waals surface area contributed by atoms with Crippen LogP contribution in [0, 0.1) is 11.0 Å². The van der Waals surface area contributed by atoms with Crippen molar-refractivity contribution in [2.24, 2.45) is 0 Å². The molecular formula is C8H5BrF4NO-. The topological polar surface area (TPSA) is 26.3 Å². The number of hydrogen-bond acceptors (Lipinski definition) is 2. The molecule has 1 aromatic carbocycles. The molecule has 0 N–H and O–H groups in total. The molecule has 0 bridgehead atoms. The number of halogens is 5. The van der Waals surface area contributed by atoms with E-state index in [1.807, 2.05) is 0 Å². The molecule has 0 aliphatic heterocycles. The van der Waals surface area contributed by atoms with Crippen LogP contribution >= 0.6 is 15.9 Å². The van der Waals surface area contributed by atoms with Crippen molar-refractivity contribution < 1.29 is 17.6 Å². The van der Waals surface area contributed by atoms with Gasteiger partial charge in [0.1, 0.15) is 5.82 Å². The first-order valence-electron chi connectivity index (χ1n) is 3.70. The van der Waals surface area contributed by atoms with Gasteiger partial charge < -0.3 is 10.3 Å². The van der Waals surface area contributed by atoms with E-state index in [0.717, 1.165) is 13.1 Å². The Labute approximate surface area is 91.2 Å². The number of hydrogen-bond donors (Lipinski definition) is 0. The van der Waals surface area contributed by atoms with Crippen LogP contribution in [0.1, 0.15) is 5.56 Å². The Morgan fingerprint density at radius 3 is 2.27 bits per heavy atom. The lowest BCUT2D eigenvalue weighted by Gasteiger charge is -2.27. The van der Waals surface area contributed by atoms with Crippen molar-refractivity contribution in [3.8, 4) is 0 Å². The minimum absolute atomic E-state index is 0.155. The van der Waals surface area contributed by atoms with E-state index in [9.17, 15) is 22.8 Å². The van der Waals surface area contributed by atoms with Gasteiger partial charge in [-0.3, -0.25) is 0 Å². The fourth-order valence-electron chi connectivity index (χ4n) is 1.01. The number of hydroxylamine groups is 1. The highest BCUT2D eigenvalue weighted by Crippen LogP contribution is 2.40. The molecule has 0 radical (unpaired) electrons. The Kier molecular flexibility index (Phi) is 3.25. The van der Waals surface area contributed by atoms with Crippen molar-refractivity contribution in [1.82, 2.24) is 0 Å². The molecule has 0 atom stereocenters. The average molecular weight is 287 g/mol. The number of anilines is 1. The van der Waals surface area contributed by atoms with Crippen LogP contribution in [0.4, 0.5) is 23.2 Å². The molecule has 0 heterocycles. The zero-order valence-corrected chi connectivity index (χ0v) is 8.99. The molecule has 0 aliphatic carbocycles. The van der Waals surface area contributed by atoms with Gasteiger partial charge in [0.15, 0.2) is 0 Å². The first-order chi connectivity index (χ1) is 6.73. The van der Waals surface area contributed by atoms with Crippen LogP contribution in [0.15, 0.2) is 16.6 Å². The van der Waals surface area contributed by atoms with Crippen LogP contribution in [-0.4, -0.2) is 7.05 Å². The summed E-state index contributed by atoms with van der Waals surface area (Å²) in [5.41, 5.74) is -1.61. The van der Waals surface area contributed by atoms with Gasteiger partial charge in [-0.15, -0.1) is 0 Å². The van der Waals surface area contributed by atoms with Gasteiger partial charge in [-0.05, 0) is 35.1 Å². The van der Waals surface area contributed by atoms with Gasteiger partial charge in [-0.25, -0.2) is 4.39 Å². The SMILES string of the molecule is CN([O-])c1cc(F)cc(C(F)(F)F)c1Br. The van der Waals surface area contributed by atoms with Gasteiger partial charge in [0.2, 0.25) is 0 Å². The lowest BCUT2D eigenvalue weighted by molar-refractivity contribution is -0.138. The van der Waals surface area contributed by atoms with E-state index in [1.165, 1.54) is 0 Å². The minimum Gasteiger partial charge on any atom is -0.758 e. The van der Waals surface area contributed by atoms with Gasteiger partial charge in [0.25, 0.3) is 0 Å². The summed E-state index contributed by atoms with van der Waals surface area (Å²) >= 11 is 2.62. The molecule has 0 aliphatic rings. The standard InChI is InChI=1S/C8H5BrF4NO/c1-14(15)6-3-4(10)2-5(7(6)9)8(11,12)13/h2-3H,1H3/q-1. The normalized spacial score (nSPS) is 11.7. The van der Waals surface area contributed by atoms with E-state index in [0.29, 0.717) is 6.07 Å². The summed E-state index contributed by atoms with van der Waals surface area (Å²) in [7, 11) is 0.986. The van der Waals surface area contributed by atoms with Crippen molar-refractivity contribution in [3.63, 3.8) is 0 Å². The average Bonchev–Trinajstić information content (AvgIpc) is 2.06. The second-order valence-corrected chi connectivity index (χ2v) is 3.57. The fourth-order valence-corrected chi connectivity index (χ4v) is 1.71. The highest BCUT2D eigenvalue weighted by atomic mass is 79.9. The van der Waals surface area contributed by atoms with E-state index in [4.69, 9.17) is 0 Å². The molecule has 0 saturated heterocycles. The largest absolute Gasteiger partial charge is 0.758 e. The maximum Gasteiger partial charge on any atom is 0.417 e. The molecule has 1 rings (SSSR count). The summed E-state index contributed by atoms with van der Waals surface area (Å²) in [6, 6.07) is 1.06. The summed E-state index contributed by atoms with van der Waals surface area (Å²) in [5, 5.41) is 11.0. The Morgan fingerprint density at radius 2 is 1.87 bits per heavy atom. The summed E-state index contributed by atoms with van der Waals surface area (Å²) in [5.74, 6) is -1.11. The monoisotopic (exact) mass is 286 g/mol. The van der Waals surface area contributed by atoms with Gasteiger partial charge >= 0.3 is 6.18 Å². The maximum absolute atomic E-state index is 12.8.